The Morgan fingerprint density at radius 3 is 1.69 bits per heavy atom. The zero-order chi connectivity index (χ0) is 20.5. The van der Waals surface area contributed by atoms with Crippen LogP contribution in [0, 0.1) is 11.8 Å². The number of amides is 3. The van der Waals surface area contributed by atoms with Crippen LogP contribution in [0.25, 0.3) is 0 Å². The van der Waals surface area contributed by atoms with Gasteiger partial charge in [0.2, 0.25) is 11.8 Å². The Morgan fingerprint density at radius 1 is 0.846 bits per heavy atom. The van der Waals surface area contributed by atoms with E-state index in [1.165, 1.54) is 0 Å². The molecule has 0 saturated carbocycles. The number of hydrogen-bond donors (Lipinski definition) is 3. The minimum atomic E-state index is -0.756. The predicted molar refractivity (Wildman–Crippen MR) is 103 cm³/mol. The molecule has 0 fully saturated rings. The number of ether oxygens (including phenoxy) is 1. The minimum Gasteiger partial charge on any atom is -0.444 e. The van der Waals surface area contributed by atoms with Crippen LogP contribution in [0.15, 0.2) is 0 Å². The van der Waals surface area contributed by atoms with Crippen LogP contribution in [-0.4, -0.2) is 42.1 Å². The van der Waals surface area contributed by atoms with Gasteiger partial charge in [-0.15, -0.1) is 0 Å². The molecule has 0 saturated heterocycles. The first kappa shape index (κ1) is 24.2. The molecule has 0 aromatic carbocycles. The monoisotopic (exact) mass is 371 g/mol. The summed E-state index contributed by atoms with van der Waals surface area (Å²) in [4.78, 5) is 37.0. The highest BCUT2D eigenvalue weighted by molar-refractivity contribution is 5.91. The van der Waals surface area contributed by atoms with E-state index < -0.39 is 23.8 Å². The molecule has 0 aliphatic heterocycles. The van der Waals surface area contributed by atoms with Gasteiger partial charge in [0.05, 0.1) is 0 Å². The fourth-order valence-corrected chi connectivity index (χ4v) is 2.43. The molecule has 0 unspecified atom stereocenters. The van der Waals surface area contributed by atoms with E-state index in [1.807, 2.05) is 34.6 Å². The van der Waals surface area contributed by atoms with Crippen molar-refractivity contribution in [2.75, 3.05) is 6.54 Å². The summed E-state index contributed by atoms with van der Waals surface area (Å²) in [5.41, 5.74) is -0.649. The van der Waals surface area contributed by atoms with Crippen LogP contribution in [0.3, 0.4) is 0 Å². The van der Waals surface area contributed by atoms with Gasteiger partial charge < -0.3 is 20.7 Å². The molecule has 3 N–H and O–H groups in total. The lowest BCUT2D eigenvalue weighted by Gasteiger charge is -2.26. The fourth-order valence-electron chi connectivity index (χ4n) is 2.43. The van der Waals surface area contributed by atoms with E-state index >= 15 is 0 Å². The van der Waals surface area contributed by atoms with Gasteiger partial charge in [-0.3, -0.25) is 9.59 Å². The quantitative estimate of drug-likeness (QED) is 0.580. The molecule has 26 heavy (non-hydrogen) atoms. The fraction of sp³-hybridized carbons (Fsp3) is 0.842. The van der Waals surface area contributed by atoms with E-state index in [4.69, 9.17) is 4.74 Å². The van der Waals surface area contributed by atoms with Gasteiger partial charge in [-0.25, -0.2) is 4.79 Å². The van der Waals surface area contributed by atoms with Crippen molar-refractivity contribution in [3.63, 3.8) is 0 Å². The maximum Gasteiger partial charge on any atom is 0.408 e. The van der Waals surface area contributed by atoms with E-state index in [0.29, 0.717) is 19.4 Å². The molecule has 0 spiro atoms. The van der Waals surface area contributed by atoms with Gasteiger partial charge in [0.25, 0.3) is 0 Å². The Morgan fingerprint density at radius 2 is 1.31 bits per heavy atom. The van der Waals surface area contributed by atoms with Crippen molar-refractivity contribution in [1.29, 1.82) is 0 Å². The highest BCUT2D eigenvalue weighted by Gasteiger charge is 2.29. The van der Waals surface area contributed by atoms with Crippen LogP contribution < -0.4 is 16.0 Å². The maximum absolute atomic E-state index is 12.7. The first-order valence-corrected chi connectivity index (χ1v) is 9.43. The van der Waals surface area contributed by atoms with E-state index in [9.17, 15) is 14.4 Å². The summed E-state index contributed by atoms with van der Waals surface area (Å²) in [7, 11) is 0. The molecule has 7 heteroatoms. The van der Waals surface area contributed by atoms with E-state index in [2.05, 4.69) is 16.0 Å². The standard InChI is InChI=1S/C19H37N3O4/c1-9-20-16(23)14(10-12(2)3)21-17(24)15(11-13(4)5)22-18(25)26-19(6,7)8/h12-15H,9-11H2,1-8H3,(H,20,23)(H,21,24)(H,22,25)/t14-,15-/m0/s1. The van der Waals surface area contributed by atoms with Gasteiger partial charge in [0.15, 0.2) is 0 Å². The highest BCUT2D eigenvalue weighted by atomic mass is 16.6. The van der Waals surface area contributed by atoms with Crippen molar-refractivity contribution in [3.05, 3.63) is 0 Å². The zero-order valence-electron chi connectivity index (χ0n) is 17.6. The van der Waals surface area contributed by atoms with Crippen LogP contribution in [0.1, 0.15) is 68.2 Å². The average Bonchev–Trinajstić information content (AvgIpc) is 2.42. The topological polar surface area (TPSA) is 96.5 Å². The van der Waals surface area contributed by atoms with Crippen molar-refractivity contribution in [2.24, 2.45) is 11.8 Å². The van der Waals surface area contributed by atoms with Crippen molar-refractivity contribution in [3.8, 4) is 0 Å². The third-order valence-electron chi connectivity index (χ3n) is 3.41. The summed E-state index contributed by atoms with van der Waals surface area (Å²) in [5, 5.41) is 8.16. The van der Waals surface area contributed by atoms with Crippen LogP contribution in [0.5, 0.6) is 0 Å². The molecular weight excluding hydrogens is 334 g/mol. The molecular formula is C19H37N3O4. The number of hydrogen-bond acceptors (Lipinski definition) is 4. The molecule has 0 aromatic heterocycles. The van der Waals surface area contributed by atoms with Gasteiger partial charge in [0.1, 0.15) is 17.7 Å². The molecule has 0 bridgehead atoms. The van der Waals surface area contributed by atoms with E-state index in [0.717, 1.165) is 0 Å². The van der Waals surface area contributed by atoms with Gasteiger partial charge in [-0.1, -0.05) is 27.7 Å². The second kappa shape index (κ2) is 11.0. The smallest absolute Gasteiger partial charge is 0.408 e. The Kier molecular flexibility index (Phi) is 10.3. The van der Waals surface area contributed by atoms with E-state index in [1.54, 1.807) is 20.8 Å². The summed E-state index contributed by atoms with van der Waals surface area (Å²) in [6.07, 6.45) is 0.338. The first-order valence-electron chi connectivity index (χ1n) is 9.43. The third kappa shape index (κ3) is 10.9. The van der Waals surface area contributed by atoms with Crippen molar-refractivity contribution in [2.45, 2.75) is 85.9 Å². The molecule has 7 nitrogen and oxygen atoms in total. The number of carbonyl (C=O) groups is 3. The number of nitrogens with one attached hydrogen (secondary N) is 3. The molecule has 0 aromatic rings. The largest absolute Gasteiger partial charge is 0.444 e. The molecule has 0 radical (unpaired) electrons. The zero-order valence-corrected chi connectivity index (χ0v) is 17.6. The van der Waals surface area contributed by atoms with Gasteiger partial charge >= 0.3 is 6.09 Å². The third-order valence-corrected chi connectivity index (χ3v) is 3.41. The normalized spacial score (nSPS) is 13.9. The lowest BCUT2D eigenvalue weighted by atomic mass is 10.00. The van der Waals surface area contributed by atoms with Crippen molar-refractivity contribution < 1.29 is 19.1 Å². The number of alkyl carbamates (subject to hydrolysis) is 1. The second-order valence-electron chi connectivity index (χ2n) is 8.41. The summed E-state index contributed by atoms with van der Waals surface area (Å²) >= 11 is 0. The molecule has 2 atom stereocenters. The minimum absolute atomic E-state index is 0.189. The maximum atomic E-state index is 12.7. The first-order chi connectivity index (χ1) is 11.9. The highest BCUT2D eigenvalue weighted by Crippen LogP contribution is 2.11. The van der Waals surface area contributed by atoms with E-state index in [-0.39, 0.29) is 23.7 Å². The average molecular weight is 372 g/mol. The Hall–Kier alpha value is -1.79. The molecule has 0 rings (SSSR count). The van der Waals surface area contributed by atoms with Gasteiger partial charge in [-0.05, 0) is 52.4 Å². The Balaban J connectivity index is 5.12. The molecule has 0 heterocycles. The molecule has 152 valence electrons. The van der Waals surface area contributed by atoms with Crippen molar-refractivity contribution in [1.82, 2.24) is 16.0 Å². The summed E-state index contributed by atoms with van der Waals surface area (Å²) in [6, 6.07) is -1.38. The number of likely N-dealkylation sites (N-methyl/N-ethyl adjacent to an activating group) is 1. The molecule has 0 aliphatic carbocycles. The number of carbonyl (C=O) groups excluding carboxylic acids is 3. The summed E-state index contributed by atoms with van der Waals surface area (Å²) in [6.45, 7) is 15.5. The second-order valence-corrected chi connectivity index (χ2v) is 8.41. The van der Waals surface area contributed by atoms with Crippen molar-refractivity contribution >= 4 is 17.9 Å². The molecule has 0 aliphatic rings. The lowest BCUT2D eigenvalue weighted by Crippen LogP contribution is -2.54. The van der Waals surface area contributed by atoms with Crippen LogP contribution in [-0.2, 0) is 14.3 Å². The molecule has 3 amide bonds. The van der Waals surface area contributed by atoms with Crippen LogP contribution in [0.4, 0.5) is 4.79 Å². The van der Waals surface area contributed by atoms with Gasteiger partial charge in [-0.2, -0.15) is 0 Å². The SMILES string of the molecule is CCNC(=O)[C@H](CC(C)C)NC(=O)[C@H](CC(C)C)NC(=O)OC(C)(C)C. The summed E-state index contributed by atoms with van der Waals surface area (Å²) in [5.74, 6) is -0.157. The Labute approximate surface area is 158 Å². The Bertz CT molecular complexity index is 470. The lowest BCUT2D eigenvalue weighted by molar-refractivity contribution is -0.130. The van der Waals surface area contributed by atoms with Crippen LogP contribution >= 0.6 is 0 Å². The van der Waals surface area contributed by atoms with Crippen LogP contribution in [0.2, 0.25) is 0 Å². The number of rotatable bonds is 9. The predicted octanol–water partition coefficient (Wildman–Crippen LogP) is 2.59. The summed E-state index contributed by atoms with van der Waals surface area (Å²) < 4.78 is 5.25. The van der Waals surface area contributed by atoms with Gasteiger partial charge in [0, 0.05) is 6.54 Å².